The maximum absolute atomic E-state index is 11.6. The van der Waals surface area contributed by atoms with E-state index in [0.717, 1.165) is 12.8 Å². The summed E-state index contributed by atoms with van der Waals surface area (Å²) in [6.45, 7) is 12.1. The summed E-state index contributed by atoms with van der Waals surface area (Å²) in [5, 5.41) is 0. The number of unbranched alkanes of at least 4 members (excludes halogenated alkanes) is 4. The van der Waals surface area contributed by atoms with E-state index in [1.807, 2.05) is 0 Å². The Kier molecular flexibility index (Phi) is 35.3. The topological polar surface area (TPSA) is 135 Å². The molecule has 0 radical (unpaired) electrons. The van der Waals surface area contributed by atoms with Crippen LogP contribution >= 0.6 is 0 Å². The van der Waals surface area contributed by atoms with Gasteiger partial charge in [0.25, 0.3) is 0 Å². The number of hydrogen-bond acceptors (Lipinski definition) is 12. The number of carbonyl (C=O) groups is 1. The van der Waals surface area contributed by atoms with Gasteiger partial charge in [-0.1, -0.05) is 32.6 Å². The Balaban J connectivity index is 3.08. The van der Waals surface area contributed by atoms with Crippen molar-refractivity contribution in [2.24, 2.45) is 5.73 Å². The predicted molar refractivity (Wildman–Crippen MR) is 151 cm³/mol. The van der Waals surface area contributed by atoms with Crippen molar-refractivity contribution in [3.63, 3.8) is 0 Å². The molecule has 0 fully saturated rings. The largest absolute Gasteiger partial charge is 0.463 e. The van der Waals surface area contributed by atoms with Crippen LogP contribution < -0.4 is 5.73 Å². The molecule has 0 aromatic carbocycles. The third-order valence-electron chi connectivity index (χ3n) is 5.21. The minimum Gasteiger partial charge on any atom is -0.463 e. The molecule has 40 heavy (non-hydrogen) atoms. The van der Waals surface area contributed by atoms with Gasteiger partial charge >= 0.3 is 5.97 Å². The number of carbonyl (C=O) groups excluding carboxylic acids is 1. The molecule has 2 N–H and O–H groups in total. The zero-order valence-electron chi connectivity index (χ0n) is 25.0. The van der Waals surface area contributed by atoms with Gasteiger partial charge in [0.15, 0.2) is 0 Å². The summed E-state index contributed by atoms with van der Waals surface area (Å²) in [6, 6.07) is 0. The smallest absolute Gasteiger partial charge is 0.305 e. The third-order valence-corrected chi connectivity index (χ3v) is 5.21. The highest BCUT2D eigenvalue weighted by Gasteiger charge is 2.02. The van der Waals surface area contributed by atoms with Crippen molar-refractivity contribution in [1.82, 2.24) is 0 Å². The first-order chi connectivity index (χ1) is 19.8. The fraction of sp³-hybridized carbons (Fsp3) is 0.964. The Bertz CT molecular complexity index is 489. The lowest BCUT2D eigenvalue weighted by molar-refractivity contribution is -0.145. The first kappa shape index (κ1) is 39.1. The summed E-state index contributed by atoms with van der Waals surface area (Å²) < 4.78 is 53.7. The van der Waals surface area contributed by atoms with Gasteiger partial charge in [0.2, 0.25) is 0 Å². The SMILES string of the molecule is CCCCCCCC(=O)OCCOCCOCCOCCOCCOCCOCCOCCOCCOCCN. The molecule has 0 heterocycles. The molecule has 0 unspecified atom stereocenters. The van der Waals surface area contributed by atoms with Gasteiger partial charge in [-0.25, -0.2) is 0 Å². The first-order valence-electron chi connectivity index (χ1n) is 14.9. The highest BCUT2D eigenvalue weighted by Crippen LogP contribution is 2.05. The Morgan fingerprint density at radius 2 is 0.725 bits per heavy atom. The second-order valence-electron chi connectivity index (χ2n) is 8.68. The lowest BCUT2D eigenvalue weighted by Gasteiger charge is -2.09. The fourth-order valence-electron chi connectivity index (χ4n) is 3.10. The summed E-state index contributed by atoms with van der Waals surface area (Å²) in [7, 11) is 0. The van der Waals surface area contributed by atoms with E-state index in [-0.39, 0.29) is 12.6 Å². The summed E-state index contributed by atoms with van der Waals surface area (Å²) in [5.74, 6) is -0.146. The molecule has 0 aromatic rings. The molecule has 12 heteroatoms. The van der Waals surface area contributed by atoms with Crippen LogP contribution in [0.15, 0.2) is 0 Å². The zero-order chi connectivity index (χ0) is 29.0. The van der Waals surface area contributed by atoms with E-state index >= 15 is 0 Å². The van der Waals surface area contributed by atoms with Crippen molar-refractivity contribution in [3.05, 3.63) is 0 Å². The van der Waals surface area contributed by atoms with Crippen molar-refractivity contribution >= 4 is 5.97 Å². The average Bonchev–Trinajstić information content (AvgIpc) is 2.96. The minimum absolute atomic E-state index is 0.146. The molecule has 0 atom stereocenters. The van der Waals surface area contributed by atoms with E-state index in [4.69, 9.17) is 53.1 Å². The van der Waals surface area contributed by atoms with Crippen molar-refractivity contribution in [2.75, 3.05) is 132 Å². The minimum atomic E-state index is -0.146. The van der Waals surface area contributed by atoms with Gasteiger partial charge in [-0.3, -0.25) is 4.79 Å². The molecule has 12 nitrogen and oxygen atoms in total. The van der Waals surface area contributed by atoms with Crippen LogP contribution in [0.5, 0.6) is 0 Å². The van der Waals surface area contributed by atoms with E-state index in [0.29, 0.717) is 132 Å². The first-order valence-corrected chi connectivity index (χ1v) is 14.9. The van der Waals surface area contributed by atoms with Gasteiger partial charge in [0, 0.05) is 13.0 Å². The van der Waals surface area contributed by atoms with Crippen molar-refractivity contribution in [3.8, 4) is 0 Å². The molecule has 240 valence electrons. The van der Waals surface area contributed by atoms with Gasteiger partial charge < -0.3 is 53.1 Å². The van der Waals surface area contributed by atoms with E-state index in [1.165, 1.54) is 19.3 Å². The summed E-state index contributed by atoms with van der Waals surface area (Å²) in [6.07, 6.45) is 6.09. The third kappa shape index (κ3) is 35.1. The Morgan fingerprint density at radius 3 is 1.05 bits per heavy atom. The molecule has 0 aromatic heterocycles. The van der Waals surface area contributed by atoms with Crippen LogP contribution in [0.3, 0.4) is 0 Å². The number of rotatable bonds is 35. The van der Waals surface area contributed by atoms with Gasteiger partial charge in [-0.15, -0.1) is 0 Å². The second-order valence-corrected chi connectivity index (χ2v) is 8.68. The van der Waals surface area contributed by atoms with E-state index in [1.54, 1.807) is 0 Å². The molecule has 0 aliphatic heterocycles. The van der Waals surface area contributed by atoms with Gasteiger partial charge in [-0.05, 0) is 6.42 Å². The number of hydrogen-bond donors (Lipinski definition) is 1. The van der Waals surface area contributed by atoms with E-state index in [2.05, 4.69) is 6.92 Å². The summed E-state index contributed by atoms with van der Waals surface area (Å²) in [4.78, 5) is 11.6. The molecule has 0 saturated heterocycles. The van der Waals surface area contributed by atoms with Crippen LogP contribution in [0, 0.1) is 0 Å². The number of nitrogens with two attached hydrogens (primary N) is 1. The van der Waals surface area contributed by atoms with Crippen LogP contribution in [-0.2, 0) is 52.2 Å². The van der Waals surface area contributed by atoms with Gasteiger partial charge in [0.05, 0.1) is 119 Å². The highest BCUT2D eigenvalue weighted by atomic mass is 16.6. The molecule has 0 aliphatic carbocycles. The lowest BCUT2D eigenvalue weighted by atomic mass is 10.1. The van der Waals surface area contributed by atoms with Crippen molar-refractivity contribution in [1.29, 1.82) is 0 Å². The standard InChI is InChI=1S/C28H57NO11/c1-2-3-4-5-6-7-28(30)40-27-26-39-25-24-38-23-22-37-21-20-36-19-18-35-17-16-34-15-14-33-13-12-32-11-10-31-9-8-29/h2-27,29H2,1H3. The zero-order valence-corrected chi connectivity index (χ0v) is 25.0. The van der Waals surface area contributed by atoms with Gasteiger partial charge in [0.1, 0.15) is 6.61 Å². The second kappa shape index (κ2) is 36.1. The molecular formula is C28H57NO11. The Labute approximate surface area is 241 Å². The molecule has 0 saturated carbocycles. The molecule has 0 aliphatic rings. The summed E-state index contributed by atoms with van der Waals surface area (Å²) >= 11 is 0. The molecule has 0 rings (SSSR count). The monoisotopic (exact) mass is 583 g/mol. The van der Waals surface area contributed by atoms with Crippen LogP contribution in [0.4, 0.5) is 0 Å². The van der Waals surface area contributed by atoms with Crippen LogP contribution in [0.2, 0.25) is 0 Å². The lowest BCUT2D eigenvalue weighted by Crippen LogP contribution is -2.15. The van der Waals surface area contributed by atoms with Crippen LogP contribution in [0.1, 0.15) is 45.4 Å². The molecule has 0 amide bonds. The maximum atomic E-state index is 11.6. The number of ether oxygens (including phenoxy) is 10. The van der Waals surface area contributed by atoms with Crippen LogP contribution in [0.25, 0.3) is 0 Å². The predicted octanol–water partition coefficient (Wildman–Crippen LogP) is 2.00. The van der Waals surface area contributed by atoms with E-state index in [9.17, 15) is 4.79 Å². The van der Waals surface area contributed by atoms with E-state index < -0.39 is 0 Å². The Hall–Kier alpha value is -0.930. The van der Waals surface area contributed by atoms with Gasteiger partial charge in [-0.2, -0.15) is 0 Å². The normalized spacial score (nSPS) is 11.3. The summed E-state index contributed by atoms with van der Waals surface area (Å²) in [5.41, 5.74) is 5.32. The van der Waals surface area contributed by atoms with Crippen LogP contribution in [-0.4, -0.2) is 138 Å². The van der Waals surface area contributed by atoms with Crippen molar-refractivity contribution < 1.29 is 52.2 Å². The fourth-order valence-corrected chi connectivity index (χ4v) is 3.10. The molecular weight excluding hydrogens is 526 g/mol. The maximum Gasteiger partial charge on any atom is 0.305 e. The molecule has 0 bridgehead atoms. The number of esters is 1. The molecule has 0 spiro atoms. The van der Waals surface area contributed by atoms with Crippen molar-refractivity contribution in [2.45, 2.75) is 45.4 Å². The Morgan fingerprint density at radius 1 is 0.425 bits per heavy atom. The average molecular weight is 584 g/mol. The highest BCUT2D eigenvalue weighted by molar-refractivity contribution is 5.69. The quantitative estimate of drug-likeness (QED) is 0.0863.